The highest BCUT2D eigenvalue weighted by Crippen LogP contribution is 2.40. The van der Waals surface area contributed by atoms with Crippen molar-refractivity contribution in [3.63, 3.8) is 0 Å². The minimum Gasteiger partial charge on any atom is -0.492 e. The van der Waals surface area contributed by atoms with E-state index in [4.69, 9.17) is 4.74 Å². The molecule has 3 aliphatic rings. The third kappa shape index (κ3) is 5.91. The zero-order chi connectivity index (χ0) is 26.4. The molecule has 2 saturated heterocycles. The smallest absolute Gasteiger partial charge is 0.223 e. The molecule has 5 rings (SSSR count). The van der Waals surface area contributed by atoms with Crippen LogP contribution in [0, 0.1) is 11.3 Å². The van der Waals surface area contributed by atoms with Gasteiger partial charge in [-0.1, -0.05) is 32.1 Å². The number of hydrogen-bond acceptors (Lipinski definition) is 4. The molecule has 0 aromatic heterocycles. The summed E-state index contributed by atoms with van der Waals surface area (Å²) in [6.07, 6.45) is 7.51. The largest absolute Gasteiger partial charge is 0.492 e. The number of allylic oxidation sites excluding steroid dienone is 1. The Kier molecular flexibility index (Phi) is 8.71. The number of hydrogen-bond donors (Lipinski definition) is 0. The van der Waals surface area contributed by atoms with Crippen LogP contribution >= 0.6 is 0 Å². The normalized spacial score (nSPS) is 20.2. The summed E-state index contributed by atoms with van der Waals surface area (Å²) >= 11 is 0. The second-order valence-electron chi connectivity index (χ2n) is 10.7. The van der Waals surface area contributed by atoms with E-state index >= 15 is 0 Å². The maximum Gasteiger partial charge on any atom is 0.223 e. The van der Waals surface area contributed by atoms with E-state index < -0.39 is 0 Å². The van der Waals surface area contributed by atoms with Gasteiger partial charge in [0.05, 0.1) is 17.7 Å². The fourth-order valence-electron chi connectivity index (χ4n) is 6.14. The topological polar surface area (TPSA) is 56.6 Å². The number of carbonyl (C=O) groups excluding carboxylic acids is 1. The van der Waals surface area contributed by atoms with Crippen molar-refractivity contribution in [3.05, 3.63) is 76.9 Å². The molecule has 0 N–H and O–H groups in total. The third-order valence-electron chi connectivity index (χ3n) is 8.33. The Bertz CT molecular complexity index is 1160. The Labute approximate surface area is 222 Å². The average Bonchev–Trinajstić information content (AvgIpc) is 3.30. The second-order valence-corrected chi connectivity index (χ2v) is 10.7. The van der Waals surface area contributed by atoms with Crippen LogP contribution in [0.15, 0.2) is 49.1 Å². The SMILES string of the molecule is C=CC.CCc1ccc(C#N)cc1C1(C)CCN(CCOc2ccc3c(c2)CCN2C(=O)CCC32)CC1. The molecule has 2 fully saturated rings. The van der Waals surface area contributed by atoms with Gasteiger partial charge < -0.3 is 9.64 Å². The average molecular weight is 500 g/mol. The Hall–Kier alpha value is -3.10. The number of aryl methyl sites for hydroxylation is 1. The van der Waals surface area contributed by atoms with Crippen LogP contribution in [-0.4, -0.2) is 48.5 Å². The standard InChI is InChI=1S/C29H35N3O2.C3H6/c1-3-22-5-4-21(20-30)18-26(22)29(2)11-14-31(15-12-29)16-17-34-24-6-7-25-23(19-24)10-13-32-27(25)8-9-28(32)33;1-3-2/h4-7,18-19,27H,3,8-17H2,1-2H3;3H,1H2,2H3. The number of ether oxygens (including phenoxy) is 1. The third-order valence-corrected chi connectivity index (χ3v) is 8.33. The van der Waals surface area contributed by atoms with Crippen molar-refractivity contribution in [1.29, 1.82) is 5.26 Å². The van der Waals surface area contributed by atoms with E-state index in [0.717, 1.165) is 69.6 Å². The Morgan fingerprint density at radius 3 is 2.62 bits per heavy atom. The zero-order valence-corrected chi connectivity index (χ0v) is 22.8. The van der Waals surface area contributed by atoms with E-state index in [-0.39, 0.29) is 11.5 Å². The maximum absolute atomic E-state index is 12.0. The first-order chi connectivity index (χ1) is 17.9. The summed E-state index contributed by atoms with van der Waals surface area (Å²) in [5.41, 5.74) is 6.28. The fraction of sp³-hybridized carbons (Fsp3) is 0.500. The summed E-state index contributed by atoms with van der Waals surface area (Å²) in [6, 6.07) is 15.2. The molecule has 3 heterocycles. The van der Waals surface area contributed by atoms with Gasteiger partial charge in [-0.3, -0.25) is 9.69 Å². The summed E-state index contributed by atoms with van der Waals surface area (Å²) in [6.45, 7) is 14.4. The van der Waals surface area contributed by atoms with Crippen molar-refractivity contribution in [2.75, 3.05) is 32.8 Å². The van der Waals surface area contributed by atoms with Crippen LogP contribution in [0.5, 0.6) is 5.75 Å². The van der Waals surface area contributed by atoms with Gasteiger partial charge in [-0.05, 0) is 104 Å². The molecular weight excluding hydrogens is 458 g/mol. The molecule has 0 radical (unpaired) electrons. The molecule has 5 nitrogen and oxygen atoms in total. The maximum atomic E-state index is 12.0. The number of nitrogens with zero attached hydrogens (tertiary/aromatic N) is 3. The Morgan fingerprint density at radius 1 is 1.16 bits per heavy atom. The summed E-state index contributed by atoms with van der Waals surface area (Å²) in [4.78, 5) is 16.6. The van der Waals surface area contributed by atoms with Crippen molar-refractivity contribution < 1.29 is 9.53 Å². The first-order valence-electron chi connectivity index (χ1n) is 13.8. The molecule has 5 heteroatoms. The zero-order valence-electron chi connectivity index (χ0n) is 22.8. The molecule has 2 aromatic carbocycles. The number of piperidine rings is 1. The first kappa shape index (κ1) is 26.9. The van der Waals surface area contributed by atoms with Gasteiger partial charge in [0.25, 0.3) is 0 Å². The lowest BCUT2D eigenvalue weighted by Gasteiger charge is -2.41. The molecule has 1 amide bonds. The van der Waals surface area contributed by atoms with Crippen LogP contribution in [0.2, 0.25) is 0 Å². The van der Waals surface area contributed by atoms with E-state index in [1.54, 1.807) is 6.08 Å². The fourth-order valence-corrected chi connectivity index (χ4v) is 6.14. The van der Waals surface area contributed by atoms with Crippen LogP contribution < -0.4 is 4.74 Å². The predicted octanol–water partition coefficient (Wildman–Crippen LogP) is 5.97. The number of rotatable bonds is 6. The lowest BCUT2D eigenvalue weighted by atomic mass is 9.72. The first-order valence-corrected chi connectivity index (χ1v) is 13.8. The molecule has 1 unspecified atom stereocenters. The van der Waals surface area contributed by atoms with Gasteiger partial charge in [0, 0.05) is 19.5 Å². The molecule has 0 bridgehead atoms. The highest BCUT2D eigenvalue weighted by atomic mass is 16.5. The van der Waals surface area contributed by atoms with Crippen molar-refractivity contribution in [1.82, 2.24) is 9.80 Å². The minimum absolute atomic E-state index is 0.129. The van der Waals surface area contributed by atoms with Crippen LogP contribution in [-0.2, 0) is 23.1 Å². The number of benzene rings is 2. The Balaban J connectivity index is 0.00000102. The van der Waals surface area contributed by atoms with Gasteiger partial charge in [-0.2, -0.15) is 5.26 Å². The minimum atomic E-state index is 0.129. The molecule has 37 heavy (non-hydrogen) atoms. The van der Waals surface area contributed by atoms with E-state index in [1.807, 2.05) is 17.9 Å². The van der Waals surface area contributed by atoms with Crippen LogP contribution in [0.25, 0.3) is 0 Å². The van der Waals surface area contributed by atoms with E-state index in [9.17, 15) is 10.1 Å². The monoisotopic (exact) mass is 499 g/mol. The summed E-state index contributed by atoms with van der Waals surface area (Å²) in [5.74, 6) is 1.25. The van der Waals surface area contributed by atoms with Crippen LogP contribution in [0.4, 0.5) is 0 Å². The van der Waals surface area contributed by atoms with Gasteiger partial charge in [-0.25, -0.2) is 0 Å². The molecule has 0 spiro atoms. The molecule has 0 aliphatic carbocycles. The van der Waals surface area contributed by atoms with Gasteiger partial charge in [-0.15, -0.1) is 6.58 Å². The number of amides is 1. The van der Waals surface area contributed by atoms with E-state index in [2.05, 4.69) is 61.7 Å². The quantitative estimate of drug-likeness (QED) is 0.460. The second kappa shape index (κ2) is 12.0. The highest BCUT2D eigenvalue weighted by molar-refractivity contribution is 5.79. The van der Waals surface area contributed by atoms with Crippen LogP contribution in [0.1, 0.15) is 80.3 Å². The van der Waals surface area contributed by atoms with Crippen LogP contribution in [0.3, 0.4) is 0 Å². The van der Waals surface area contributed by atoms with Crippen molar-refractivity contribution in [3.8, 4) is 11.8 Å². The lowest BCUT2D eigenvalue weighted by Crippen LogP contribution is -2.42. The van der Waals surface area contributed by atoms with Crippen molar-refractivity contribution >= 4 is 5.91 Å². The van der Waals surface area contributed by atoms with E-state index in [1.165, 1.54) is 22.3 Å². The van der Waals surface area contributed by atoms with Gasteiger partial charge in [0.2, 0.25) is 5.91 Å². The number of fused-ring (bicyclic) bond motifs is 3. The van der Waals surface area contributed by atoms with E-state index in [0.29, 0.717) is 18.9 Å². The number of nitriles is 1. The van der Waals surface area contributed by atoms with Gasteiger partial charge >= 0.3 is 0 Å². The molecule has 0 saturated carbocycles. The molecule has 2 aromatic rings. The number of likely N-dealkylation sites (tertiary alicyclic amines) is 1. The molecule has 3 aliphatic heterocycles. The van der Waals surface area contributed by atoms with Crippen molar-refractivity contribution in [2.45, 2.75) is 70.8 Å². The molecule has 1 atom stereocenters. The predicted molar refractivity (Wildman–Crippen MR) is 149 cm³/mol. The molecule has 196 valence electrons. The summed E-state index contributed by atoms with van der Waals surface area (Å²) in [5, 5.41) is 9.37. The highest BCUT2D eigenvalue weighted by Gasteiger charge is 2.36. The Morgan fingerprint density at radius 2 is 1.92 bits per heavy atom. The van der Waals surface area contributed by atoms with Gasteiger partial charge in [0.1, 0.15) is 12.4 Å². The van der Waals surface area contributed by atoms with Crippen molar-refractivity contribution in [2.24, 2.45) is 0 Å². The summed E-state index contributed by atoms with van der Waals surface area (Å²) in [7, 11) is 0. The number of carbonyl (C=O) groups is 1. The molecular formula is C32H41N3O2. The lowest BCUT2D eigenvalue weighted by molar-refractivity contribution is -0.129. The van der Waals surface area contributed by atoms with Gasteiger partial charge in [0.15, 0.2) is 0 Å². The summed E-state index contributed by atoms with van der Waals surface area (Å²) < 4.78 is 6.15.